The summed E-state index contributed by atoms with van der Waals surface area (Å²) in [5, 5.41) is 2.69. The van der Waals surface area contributed by atoms with Crippen molar-refractivity contribution in [3.63, 3.8) is 0 Å². The molecule has 10 nitrogen and oxygen atoms in total. The van der Waals surface area contributed by atoms with Crippen LogP contribution in [0, 0.1) is 6.92 Å². The molecule has 26 heavy (non-hydrogen) atoms. The number of aromatic nitrogens is 2. The first-order valence-corrected chi connectivity index (χ1v) is 7.75. The van der Waals surface area contributed by atoms with E-state index in [2.05, 4.69) is 15.3 Å². The third kappa shape index (κ3) is 3.79. The largest absolute Gasteiger partial charge is 0.462 e. The third-order valence-electron chi connectivity index (χ3n) is 3.25. The highest BCUT2D eigenvalue weighted by atomic mass is 16.5. The summed E-state index contributed by atoms with van der Waals surface area (Å²) in [4.78, 5) is 43.7. The van der Waals surface area contributed by atoms with E-state index in [1.54, 1.807) is 13.8 Å². The van der Waals surface area contributed by atoms with Crippen LogP contribution in [-0.2, 0) is 9.47 Å². The number of hydrogen-bond acceptors (Lipinski definition) is 9. The lowest BCUT2D eigenvalue weighted by Gasteiger charge is -2.08. The van der Waals surface area contributed by atoms with Gasteiger partial charge < -0.3 is 24.9 Å². The number of primary amides is 1. The van der Waals surface area contributed by atoms with Crippen LogP contribution in [0.25, 0.3) is 0 Å². The third-order valence-corrected chi connectivity index (χ3v) is 3.25. The first kappa shape index (κ1) is 18.9. The fourth-order valence-electron chi connectivity index (χ4n) is 2.21. The number of nitrogens with one attached hydrogen (secondary N) is 1. The number of hydrogen-bond donors (Lipinski definition) is 2. The summed E-state index contributed by atoms with van der Waals surface area (Å²) in [7, 11) is 0. The van der Waals surface area contributed by atoms with Crippen molar-refractivity contribution in [3.8, 4) is 0 Å². The number of esters is 2. The second-order valence-corrected chi connectivity index (χ2v) is 4.95. The van der Waals surface area contributed by atoms with Crippen molar-refractivity contribution in [2.24, 2.45) is 5.73 Å². The monoisotopic (exact) mass is 362 g/mol. The van der Waals surface area contributed by atoms with Crippen LogP contribution in [0.15, 0.2) is 16.9 Å². The van der Waals surface area contributed by atoms with E-state index < -0.39 is 17.8 Å². The minimum atomic E-state index is -0.904. The summed E-state index contributed by atoms with van der Waals surface area (Å²) < 4.78 is 15.3. The molecule has 0 aliphatic rings. The maximum Gasteiger partial charge on any atom is 0.343 e. The number of aryl methyl sites for hydroxylation is 1. The molecule has 0 spiro atoms. The quantitative estimate of drug-likeness (QED) is 0.700. The van der Waals surface area contributed by atoms with Crippen LogP contribution in [0.1, 0.15) is 50.7 Å². The Labute approximate surface area is 148 Å². The molecular formula is C16H18N4O6. The molecule has 0 saturated heterocycles. The molecule has 2 aromatic heterocycles. The van der Waals surface area contributed by atoms with Crippen LogP contribution in [0.2, 0.25) is 0 Å². The summed E-state index contributed by atoms with van der Waals surface area (Å²) in [5.41, 5.74) is 5.13. The van der Waals surface area contributed by atoms with Gasteiger partial charge in [0.25, 0.3) is 5.91 Å². The number of rotatable bonds is 7. The molecule has 10 heteroatoms. The Bertz CT molecular complexity index is 845. The normalized spacial score (nSPS) is 10.3. The van der Waals surface area contributed by atoms with Crippen molar-refractivity contribution < 1.29 is 28.3 Å². The van der Waals surface area contributed by atoms with Gasteiger partial charge in [-0.25, -0.2) is 19.6 Å². The maximum absolute atomic E-state index is 12.1. The van der Waals surface area contributed by atoms with Crippen LogP contribution in [-0.4, -0.2) is 41.0 Å². The molecule has 0 saturated carbocycles. The van der Waals surface area contributed by atoms with Crippen molar-refractivity contribution >= 4 is 29.5 Å². The summed E-state index contributed by atoms with van der Waals surface area (Å²) >= 11 is 0. The van der Waals surface area contributed by atoms with Crippen molar-refractivity contribution in [3.05, 3.63) is 35.0 Å². The van der Waals surface area contributed by atoms with Gasteiger partial charge in [0.1, 0.15) is 28.8 Å². The lowest BCUT2D eigenvalue weighted by molar-refractivity contribution is 0.0514. The average Bonchev–Trinajstić information content (AvgIpc) is 2.92. The predicted molar refractivity (Wildman–Crippen MR) is 89.2 cm³/mol. The van der Waals surface area contributed by atoms with E-state index in [0.717, 1.165) is 0 Å². The Hall–Kier alpha value is -3.43. The topological polar surface area (TPSA) is 147 Å². The maximum atomic E-state index is 12.1. The average molecular weight is 362 g/mol. The molecule has 0 aliphatic heterocycles. The zero-order valence-corrected chi connectivity index (χ0v) is 14.5. The van der Waals surface area contributed by atoms with Gasteiger partial charge in [0.15, 0.2) is 5.82 Å². The number of ether oxygens (including phenoxy) is 2. The second-order valence-electron chi connectivity index (χ2n) is 4.95. The second kappa shape index (κ2) is 8.10. The number of anilines is 2. The fourth-order valence-corrected chi connectivity index (χ4v) is 2.21. The van der Waals surface area contributed by atoms with Gasteiger partial charge >= 0.3 is 11.9 Å². The van der Waals surface area contributed by atoms with Gasteiger partial charge in [-0.3, -0.25) is 4.79 Å². The SMILES string of the molecule is CCOC(=O)c1cncnc1Nc1oc(C)c(C(=O)OCC)c1C(N)=O. The van der Waals surface area contributed by atoms with Crippen LogP contribution < -0.4 is 11.1 Å². The number of amides is 1. The summed E-state index contributed by atoms with van der Waals surface area (Å²) in [5.74, 6) is -2.29. The van der Waals surface area contributed by atoms with E-state index in [9.17, 15) is 14.4 Å². The first-order valence-electron chi connectivity index (χ1n) is 7.75. The van der Waals surface area contributed by atoms with Gasteiger partial charge in [-0.05, 0) is 20.8 Å². The zero-order valence-electron chi connectivity index (χ0n) is 14.5. The van der Waals surface area contributed by atoms with E-state index in [4.69, 9.17) is 19.6 Å². The molecule has 2 aromatic rings. The van der Waals surface area contributed by atoms with Crippen molar-refractivity contribution in [2.75, 3.05) is 18.5 Å². The van der Waals surface area contributed by atoms with E-state index in [1.165, 1.54) is 19.4 Å². The van der Waals surface area contributed by atoms with E-state index >= 15 is 0 Å². The molecule has 0 unspecified atom stereocenters. The molecule has 138 valence electrons. The highest BCUT2D eigenvalue weighted by Gasteiger charge is 2.29. The van der Waals surface area contributed by atoms with Crippen LogP contribution in [0.5, 0.6) is 0 Å². The Morgan fingerprint density at radius 2 is 1.81 bits per heavy atom. The Balaban J connectivity index is 2.49. The van der Waals surface area contributed by atoms with Crippen LogP contribution in [0.3, 0.4) is 0 Å². The van der Waals surface area contributed by atoms with Gasteiger partial charge in [0, 0.05) is 6.20 Å². The van der Waals surface area contributed by atoms with Crippen molar-refractivity contribution in [2.45, 2.75) is 20.8 Å². The molecule has 1 amide bonds. The molecule has 0 aromatic carbocycles. The fraction of sp³-hybridized carbons (Fsp3) is 0.312. The summed E-state index contributed by atoms with van der Waals surface area (Å²) in [6.45, 7) is 5.04. The predicted octanol–water partition coefficient (Wildman–Crippen LogP) is 1.57. The Morgan fingerprint density at radius 3 is 2.42 bits per heavy atom. The smallest absolute Gasteiger partial charge is 0.343 e. The lowest BCUT2D eigenvalue weighted by Crippen LogP contribution is -2.18. The van der Waals surface area contributed by atoms with Crippen LogP contribution >= 0.6 is 0 Å². The van der Waals surface area contributed by atoms with Crippen molar-refractivity contribution in [1.29, 1.82) is 0 Å². The van der Waals surface area contributed by atoms with Gasteiger partial charge in [0.2, 0.25) is 5.88 Å². The molecular weight excluding hydrogens is 344 g/mol. The summed E-state index contributed by atoms with van der Waals surface area (Å²) in [6, 6.07) is 0. The van der Waals surface area contributed by atoms with Crippen LogP contribution in [0.4, 0.5) is 11.7 Å². The minimum Gasteiger partial charge on any atom is -0.462 e. The number of carbonyl (C=O) groups is 3. The molecule has 2 rings (SSSR count). The Kier molecular flexibility index (Phi) is 5.89. The Morgan fingerprint density at radius 1 is 1.15 bits per heavy atom. The standard InChI is InChI=1S/C16H18N4O6/c1-4-24-15(22)9-6-18-7-19-13(9)20-14-11(12(17)21)10(8(3)26-14)16(23)25-5-2/h6-7H,4-5H2,1-3H3,(H2,17,21)(H,18,19,20). The first-order chi connectivity index (χ1) is 12.4. The minimum absolute atomic E-state index is 0.0245. The van der Waals surface area contributed by atoms with Gasteiger partial charge in [0.05, 0.1) is 13.2 Å². The number of nitrogens with two attached hydrogens (primary N) is 1. The summed E-state index contributed by atoms with van der Waals surface area (Å²) in [6.07, 6.45) is 2.44. The molecule has 0 fully saturated rings. The molecule has 2 heterocycles. The number of carbonyl (C=O) groups excluding carboxylic acids is 3. The molecule has 0 bridgehead atoms. The number of furan rings is 1. The van der Waals surface area contributed by atoms with Gasteiger partial charge in [-0.2, -0.15) is 0 Å². The van der Waals surface area contributed by atoms with E-state index in [0.29, 0.717) is 0 Å². The van der Waals surface area contributed by atoms with E-state index in [-0.39, 0.29) is 47.4 Å². The molecule has 0 aliphatic carbocycles. The molecule has 0 atom stereocenters. The lowest BCUT2D eigenvalue weighted by atomic mass is 10.1. The number of nitrogens with zero attached hydrogens (tertiary/aromatic N) is 2. The van der Waals surface area contributed by atoms with E-state index in [1.807, 2.05) is 0 Å². The highest BCUT2D eigenvalue weighted by Crippen LogP contribution is 2.30. The van der Waals surface area contributed by atoms with Crippen molar-refractivity contribution in [1.82, 2.24) is 9.97 Å². The van der Waals surface area contributed by atoms with Gasteiger partial charge in [-0.15, -0.1) is 0 Å². The van der Waals surface area contributed by atoms with Gasteiger partial charge in [-0.1, -0.05) is 0 Å². The zero-order chi connectivity index (χ0) is 19.3. The highest BCUT2D eigenvalue weighted by molar-refractivity contribution is 6.09. The molecule has 0 radical (unpaired) electrons. The molecule has 3 N–H and O–H groups in total.